The standard InChI is InChI=1S/C30H36N2O6/c1-28-12-11-21(34)13-18(28)9-10-22-23-14-19-16-32(27(37)31(3)20-7-5-4-6-8-20)38-30(19,25(36)17-33)29(23,2)15-24(35)26(22)28/h4-9,11-12,19,22-24,26,33,35H,10,13-17H2,1-3H3/t19-,22-,23-,24-,26+,28-,29-,30-/m0/s1. The number of carbonyl (C=O) groups excluding carboxylic acids is 3. The summed E-state index contributed by atoms with van der Waals surface area (Å²) in [5, 5.41) is 23.1. The van der Waals surface area contributed by atoms with Crippen molar-refractivity contribution in [1.29, 1.82) is 0 Å². The molecule has 0 aromatic heterocycles. The van der Waals surface area contributed by atoms with Gasteiger partial charge in [0.15, 0.2) is 17.2 Å². The monoisotopic (exact) mass is 520 g/mol. The summed E-state index contributed by atoms with van der Waals surface area (Å²) in [5.41, 5.74) is -0.795. The number of amides is 2. The molecule has 38 heavy (non-hydrogen) atoms. The average molecular weight is 521 g/mol. The van der Waals surface area contributed by atoms with Gasteiger partial charge in [0.25, 0.3) is 0 Å². The molecule has 0 radical (unpaired) electrons. The number of hydrogen-bond donors (Lipinski definition) is 2. The first-order chi connectivity index (χ1) is 18.1. The van der Waals surface area contributed by atoms with E-state index >= 15 is 0 Å². The first-order valence-electron chi connectivity index (χ1n) is 13.6. The Kier molecular flexibility index (Phi) is 5.76. The Labute approximate surface area is 222 Å². The van der Waals surface area contributed by atoms with Crippen molar-refractivity contribution >= 4 is 23.3 Å². The minimum atomic E-state index is -1.39. The van der Waals surface area contributed by atoms with E-state index in [4.69, 9.17) is 4.84 Å². The van der Waals surface area contributed by atoms with E-state index < -0.39 is 34.9 Å². The molecule has 2 saturated carbocycles. The van der Waals surface area contributed by atoms with Gasteiger partial charge in [-0.05, 0) is 49.3 Å². The van der Waals surface area contributed by atoms with Gasteiger partial charge in [-0.2, -0.15) is 0 Å². The largest absolute Gasteiger partial charge is 0.393 e. The number of rotatable bonds is 3. The Balaban J connectivity index is 1.35. The number of ketones is 2. The van der Waals surface area contributed by atoms with E-state index in [-0.39, 0.29) is 42.0 Å². The molecule has 1 aromatic rings. The van der Waals surface area contributed by atoms with Crippen molar-refractivity contribution in [2.75, 3.05) is 25.1 Å². The Morgan fingerprint density at radius 2 is 1.95 bits per heavy atom. The van der Waals surface area contributed by atoms with Gasteiger partial charge in [-0.3, -0.25) is 19.3 Å². The lowest BCUT2D eigenvalue weighted by Gasteiger charge is -2.59. The summed E-state index contributed by atoms with van der Waals surface area (Å²) in [7, 11) is 1.67. The van der Waals surface area contributed by atoms with Crippen LogP contribution in [0.4, 0.5) is 10.5 Å². The van der Waals surface area contributed by atoms with E-state index in [9.17, 15) is 24.6 Å². The maximum Gasteiger partial charge on any atom is 0.348 e. The van der Waals surface area contributed by atoms with Crippen LogP contribution in [0.25, 0.3) is 0 Å². The van der Waals surface area contributed by atoms with Crippen molar-refractivity contribution < 1.29 is 29.4 Å². The number of nitrogens with zero attached hydrogens (tertiary/aromatic N) is 2. The minimum absolute atomic E-state index is 0.0566. The van der Waals surface area contributed by atoms with Crippen molar-refractivity contribution in [3.63, 3.8) is 0 Å². The Morgan fingerprint density at radius 3 is 2.66 bits per heavy atom. The maximum atomic E-state index is 13.6. The van der Waals surface area contributed by atoms with Crippen LogP contribution in [0.2, 0.25) is 0 Å². The van der Waals surface area contributed by atoms with E-state index in [0.717, 1.165) is 12.0 Å². The van der Waals surface area contributed by atoms with Crippen LogP contribution in [0.5, 0.6) is 0 Å². The number of hydroxylamine groups is 2. The third kappa shape index (κ3) is 3.23. The normalized spacial score (nSPS) is 41.1. The first-order valence-corrected chi connectivity index (χ1v) is 13.6. The van der Waals surface area contributed by atoms with Crippen LogP contribution in [-0.2, 0) is 14.4 Å². The fourth-order valence-electron chi connectivity index (χ4n) is 8.94. The van der Waals surface area contributed by atoms with E-state index in [1.54, 1.807) is 13.1 Å². The quantitative estimate of drug-likeness (QED) is 0.593. The van der Waals surface area contributed by atoms with Gasteiger partial charge in [0.05, 0.1) is 12.6 Å². The number of carbonyl (C=O) groups is 3. The Morgan fingerprint density at radius 1 is 1.21 bits per heavy atom. The van der Waals surface area contributed by atoms with E-state index in [0.29, 0.717) is 24.9 Å². The van der Waals surface area contributed by atoms with Crippen molar-refractivity contribution in [2.45, 2.75) is 51.2 Å². The second kappa shape index (κ2) is 8.60. The maximum absolute atomic E-state index is 13.6. The van der Waals surface area contributed by atoms with Crippen LogP contribution in [0.3, 0.4) is 0 Å². The number of Topliss-reactive ketones (excluding diaryl/α,β-unsaturated/α-hetero) is 1. The highest BCUT2D eigenvalue weighted by atomic mass is 16.7. The molecule has 1 aromatic carbocycles. The van der Waals surface area contributed by atoms with E-state index in [2.05, 4.69) is 13.0 Å². The van der Waals surface area contributed by atoms with Crippen molar-refractivity contribution in [3.05, 3.63) is 54.1 Å². The van der Waals surface area contributed by atoms with Crippen LogP contribution in [0.1, 0.15) is 39.5 Å². The van der Waals surface area contributed by atoms with Crippen LogP contribution in [0.15, 0.2) is 54.1 Å². The highest BCUT2D eigenvalue weighted by molar-refractivity contribution is 5.94. The lowest BCUT2D eigenvalue weighted by Crippen LogP contribution is -2.63. The lowest BCUT2D eigenvalue weighted by molar-refractivity contribution is -0.232. The molecule has 1 saturated heterocycles. The van der Waals surface area contributed by atoms with Crippen LogP contribution in [0, 0.1) is 34.5 Å². The zero-order valence-corrected chi connectivity index (χ0v) is 22.2. The number of allylic oxidation sites excluding steroid dienone is 4. The molecule has 0 spiro atoms. The summed E-state index contributed by atoms with van der Waals surface area (Å²) in [5.74, 6) is -0.573. The number of hydrogen-bond acceptors (Lipinski definition) is 6. The van der Waals surface area contributed by atoms with E-state index in [1.165, 1.54) is 9.96 Å². The molecule has 8 atom stereocenters. The highest BCUT2D eigenvalue weighted by Gasteiger charge is 2.75. The van der Waals surface area contributed by atoms with Gasteiger partial charge in [0, 0.05) is 41.8 Å². The third-order valence-electron chi connectivity index (χ3n) is 10.6. The molecule has 4 aliphatic carbocycles. The van der Waals surface area contributed by atoms with Gasteiger partial charge in [0.1, 0.15) is 6.61 Å². The number of fused-ring (bicyclic) bond motifs is 7. The smallest absolute Gasteiger partial charge is 0.348 e. The van der Waals surface area contributed by atoms with Crippen molar-refractivity contribution in [3.8, 4) is 0 Å². The predicted molar refractivity (Wildman–Crippen MR) is 140 cm³/mol. The fourth-order valence-corrected chi connectivity index (χ4v) is 8.94. The number of urea groups is 1. The second-order valence-corrected chi connectivity index (χ2v) is 12.3. The molecule has 6 rings (SSSR count). The average Bonchev–Trinajstić information content (AvgIpc) is 3.41. The summed E-state index contributed by atoms with van der Waals surface area (Å²) in [6.45, 7) is 3.67. The molecule has 0 unspecified atom stereocenters. The van der Waals surface area contributed by atoms with Gasteiger partial charge in [0.2, 0.25) is 0 Å². The second-order valence-electron chi connectivity index (χ2n) is 12.3. The van der Waals surface area contributed by atoms with Crippen molar-refractivity contribution in [2.24, 2.45) is 34.5 Å². The van der Waals surface area contributed by atoms with Crippen LogP contribution < -0.4 is 4.90 Å². The lowest BCUT2D eigenvalue weighted by atomic mass is 9.47. The minimum Gasteiger partial charge on any atom is -0.393 e. The summed E-state index contributed by atoms with van der Waals surface area (Å²) in [4.78, 5) is 47.1. The fraction of sp³-hybridized carbons (Fsp3) is 0.567. The van der Waals surface area contributed by atoms with Gasteiger partial charge >= 0.3 is 6.03 Å². The number of aliphatic hydroxyl groups is 2. The zero-order chi connectivity index (χ0) is 27.0. The summed E-state index contributed by atoms with van der Waals surface area (Å²) in [6, 6.07) is 8.86. The highest BCUT2D eigenvalue weighted by Crippen LogP contribution is 2.70. The SMILES string of the molecule is CN(C(=O)N1C[C@@H]2C[C@H]3[C@@H]4CC=C5CC(=O)C=C[C@]5(C)[C@H]4[C@@H](O)C[C@]3(C)[C@]2(C(=O)CO)O1)c1ccccc1. The summed E-state index contributed by atoms with van der Waals surface area (Å²) >= 11 is 0. The first kappa shape index (κ1) is 25.5. The molecular formula is C30H36N2O6. The number of benzene rings is 1. The third-order valence-corrected chi connectivity index (χ3v) is 10.6. The molecule has 2 N–H and O–H groups in total. The van der Waals surface area contributed by atoms with Gasteiger partial charge in [-0.1, -0.05) is 49.8 Å². The number of para-hydroxylation sites is 1. The Hall–Kier alpha value is -2.81. The van der Waals surface area contributed by atoms with Crippen molar-refractivity contribution in [1.82, 2.24) is 5.06 Å². The molecule has 2 amide bonds. The molecular weight excluding hydrogens is 484 g/mol. The molecule has 8 heteroatoms. The number of anilines is 1. The Bertz CT molecular complexity index is 1240. The van der Waals surface area contributed by atoms with E-state index in [1.807, 2.05) is 43.3 Å². The molecule has 1 heterocycles. The molecule has 1 aliphatic heterocycles. The zero-order valence-electron chi connectivity index (χ0n) is 22.2. The topological polar surface area (TPSA) is 107 Å². The summed E-state index contributed by atoms with van der Waals surface area (Å²) in [6.07, 6.45) is 7.15. The molecule has 202 valence electrons. The predicted octanol–water partition coefficient (Wildman–Crippen LogP) is 3.30. The van der Waals surface area contributed by atoms with Gasteiger partial charge in [-0.15, -0.1) is 0 Å². The van der Waals surface area contributed by atoms with Crippen LogP contribution >= 0.6 is 0 Å². The molecule has 3 fully saturated rings. The molecule has 8 nitrogen and oxygen atoms in total. The van der Waals surface area contributed by atoms with Gasteiger partial charge < -0.3 is 10.2 Å². The van der Waals surface area contributed by atoms with Gasteiger partial charge in [-0.25, -0.2) is 9.86 Å². The molecule has 0 bridgehead atoms. The molecule has 5 aliphatic rings. The summed E-state index contributed by atoms with van der Waals surface area (Å²) < 4.78 is 0. The number of aliphatic hydroxyl groups excluding tert-OH is 2. The van der Waals surface area contributed by atoms with Crippen LogP contribution in [-0.4, -0.2) is 64.8 Å².